The van der Waals surface area contributed by atoms with Crippen LogP contribution in [-0.2, 0) is 0 Å². The van der Waals surface area contributed by atoms with Crippen molar-refractivity contribution in [1.82, 2.24) is 5.43 Å². The zero-order valence-corrected chi connectivity index (χ0v) is 15.2. The van der Waals surface area contributed by atoms with Crippen LogP contribution in [0.5, 0.6) is 5.75 Å². The van der Waals surface area contributed by atoms with E-state index < -0.39 is 17.7 Å². The molecule has 0 fully saturated rings. The van der Waals surface area contributed by atoms with E-state index in [0.717, 1.165) is 0 Å². The summed E-state index contributed by atoms with van der Waals surface area (Å²) in [7, 11) is 0. The number of halogens is 2. The molecule has 0 unspecified atom stereocenters. The molecule has 0 heterocycles. The minimum Gasteiger partial charge on any atom is -0.422 e. The second-order valence-corrected chi connectivity index (χ2v) is 6.08. The molecule has 3 aromatic rings. The van der Waals surface area contributed by atoms with Crippen LogP contribution in [0.2, 0.25) is 5.02 Å². The number of hydrogen-bond acceptors (Lipinski definition) is 4. The normalized spacial score (nSPS) is 10.6. The van der Waals surface area contributed by atoms with Crippen LogP contribution in [0, 0.1) is 5.82 Å². The third kappa shape index (κ3) is 5.02. The van der Waals surface area contributed by atoms with Crippen LogP contribution in [0.4, 0.5) is 4.39 Å². The van der Waals surface area contributed by atoms with E-state index in [4.69, 9.17) is 16.3 Å². The molecule has 3 aromatic carbocycles. The zero-order valence-electron chi connectivity index (χ0n) is 14.4. The predicted octanol–water partition coefficient (Wildman–Crippen LogP) is 4.46. The topological polar surface area (TPSA) is 67.8 Å². The van der Waals surface area contributed by atoms with Crippen LogP contribution in [0.1, 0.15) is 26.3 Å². The molecule has 0 atom stereocenters. The fourth-order valence-corrected chi connectivity index (χ4v) is 2.38. The largest absolute Gasteiger partial charge is 0.422 e. The summed E-state index contributed by atoms with van der Waals surface area (Å²) in [6, 6.07) is 18.1. The lowest BCUT2D eigenvalue weighted by Crippen LogP contribution is -2.17. The summed E-state index contributed by atoms with van der Waals surface area (Å²) in [6.07, 6.45) is 1.35. The molecule has 0 aliphatic carbocycles. The predicted molar refractivity (Wildman–Crippen MR) is 104 cm³/mol. The van der Waals surface area contributed by atoms with Crippen LogP contribution in [0.15, 0.2) is 77.9 Å². The molecule has 3 rings (SSSR count). The first-order valence-corrected chi connectivity index (χ1v) is 8.56. The van der Waals surface area contributed by atoms with E-state index in [2.05, 4.69) is 10.5 Å². The molecule has 0 radical (unpaired) electrons. The molecule has 0 spiro atoms. The van der Waals surface area contributed by atoms with E-state index >= 15 is 0 Å². The van der Waals surface area contributed by atoms with Crippen molar-refractivity contribution < 1.29 is 18.7 Å². The highest BCUT2D eigenvalue weighted by Crippen LogP contribution is 2.18. The standard InChI is InChI=1S/C21H14ClFN2O3/c22-17-9-5-15(6-10-17)21(27)28-19-4-2-1-3-16(19)13-24-25-20(26)14-7-11-18(23)12-8-14/h1-13H,(H,25,26)/b24-13-. The second kappa shape index (κ2) is 8.92. The minimum absolute atomic E-state index is 0.265. The van der Waals surface area contributed by atoms with E-state index in [1.54, 1.807) is 48.5 Å². The average molecular weight is 397 g/mol. The van der Waals surface area contributed by atoms with Crippen LogP contribution in [-0.4, -0.2) is 18.1 Å². The molecule has 0 aromatic heterocycles. The summed E-state index contributed by atoms with van der Waals surface area (Å²) >= 11 is 5.81. The van der Waals surface area contributed by atoms with E-state index in [1.807, 2.05) is 0 Å². The van der Waals surface area contributed by atoms with Gasteiger partial charge in [-0.2, -0.15) is 5.10 Å². The van der Waals surface area contributed by atoms with Gasteiger partial charge in [0.2, 0.25) is 0 Å². The number of amides is 1. The molecule has 0 aliphatic rings. The van der Waals surface area contributed by atoms with E-state index in [0.29, 0.717) is 16.1 Å². The first-order valence-electron chi connectivity index (χ1n) is 8.19. The van der Waals surface area contributed by atoms with Crippen LogP contribution >= 0.6 is 11.6 Å². The number of carbonyl (C=O) groups is 2. The second-order valence-electron chi connectivity index (χ2n) is 5.64. The number of esters is 1. The maximum atomic E-state index is 12.9. The molecule has 0 saturated heterocycles. The fourth-order valence-electron chi connectivity index (χ4n) is 2.25. The minimum atomic E-state index is -0.548. The van der Waals surface area contributed by atoms with Gasteiger partial charge in [0.1, 0.15) is 11.6 Å². The number of benzene rings is 3. The molecule has 7 heteroatoms. The van der Waals surface area contributed by atoms with Crippen molar-refractivity contribution in [3.05, 3.63) is 100 Å². The smallest absolute Gasteiger partial charge is 0.343 e. The van der Waals surface area contributed by atoms with Crippen molar-refractivity contribution in [3.8, 4) is 5.75 Å². The first kappa shape index (κ1) is 19.3. The highest BCUT2D eigenvalue weighted by atomic mass is 35.5. The highest BCUT2D eigenvalue weighted by molar-refractivity contribution is 6.30. The molecular formula is C21H14ClFN2O3. The lowest BCUT2D eigenvalue weighted by Gasteiger charge is -2.07. The van der Waals surface area contributed by atoms with Crippen molar-refractivity contribution in [3.63, 3.8) is 0 Å². The molecule has 5 nitrogen and oxygen atoms in total. The van der Waals surface area contributed by atoms with Crippen molar-refractivity contribution in [2.24, 2.45) is 5.10 Å². The monoisotopic (exact) mass is 396 g/mol. The quantitative estimate of drug-likeness (QED) is 0.299. The molecule has 0 aliphatic heterocycles. The maximum absolute atomic E-state index is 12.9. The maximum Gasteiger partial charge on any atom is 0.343 e. The highest BCUT2D eigenvalue weighted by Gasteiger charge is 2.11. The van der Waals surface area contributed by atoms with Gasteiger partial charge in [-0.25, -0.2) is 14.6 Å². The Morgan fingerprint density at radius 3 is 2.29 bits per heavy atom. The summed E-state index contributed by atoms with van der Waals surface area (Å²) in [4.78, 5) is 24.2. The molecule has 1 amide bonds. The van der Waals surface area contributed by atoms with Crippen LogP contribution < -0.4 is 10.2 Å². The Kier molecular flexibility index (Phi) is 6.14. The molecule has 28 heavy (non-hydrogen) atoms. The number of rotatable bonds is 5. The van der Waals surface area contributed by atoms with E-state index in [1.165, 1.54) is 30.5 Å². The van der Waals surface area contributed by atoms with E-state index in [9.17, 15) is 14.0 Å². The lowest BCUT2D eigenvalue weighted by molar-refractivity contribution is 0.0734. The third-order valence-corrected chi connectivity index (χ3v) is 3.93. The lowest BCUT2D eigenvalue weighted by atomic mass is 10.2. The van der Waals surface area contributed by atoms with Gasteiger partial charge in [-0.05, 0) is 60.7 Å². The molecule has 1 N–H and O–H groups in total. The third-order valence-electron chi connectivity index (χ3n) is 3.68. The number of ether oxygens (including phenoxy) is 1. The number of hydrazone groups is 1. The average Bonchev–Trinajstić information content (AvgIpc) is 2.70. The summed E-state index contributed by atoms with van der Waals surface area (Å²) in [5.41, 5.74) is 3.44. The summed E-state index contributed by atoms with van der Waals surface area (Å²) in [6.45, 7) is 0. The van der Waals surface area contributed by atoms with Crippen LogP contribution in [0.25, 0.3) is 0 Å². The van der Waals surface area contributed by atoms with Gasteiger partial charge < -0.3 is 4.74 Å². The van der Waals surface area contributed by atoms with Crippen molar-refractivity contribution in [2.75, 3.05) is 0 Å². The van der Waals surface area contributed by atoms with Gasteiger partial charge in [0.15, 0.2) is 0 Å². The molecular weight excluding hydrogens is 383 g/mol. The molecule has 0 saturated carbocycles. The van der Waals surface area contributed by atoms with Gasteiger partial charge in [0, 0.05) is 16.1 Å². The molecule has 140 valence electrons. The Bertz CT molecular complexity index is 1020. The van der Waals surface area contributed by atoms with Gasteiger partial charge in [0.25, 0.3) is 5.91 Å². The van der Waals surface area contributed by atoms with Gasteiger partial charge in [-0.15, -0.1) is 0 Å². The number of nitrogens with zero attached hydrogens (tertiary/aromatic N) is 1. The van der Waals surface area contributed by atoms with Crippen molar-refractivity contribution in [1.29, 1.82) is 0 Å². The van der Waals surface area contributed by atoms with Gasteiger partial charge in [-0.3, -0.25) is 4.79 Å². The number of nitrogens with one attached hydrogen (secondary N) is 1. The Hall–Kier alpha value is -3.51. The molecule has 0 bridgehead atoms. The van der Waals surface area contributed by atoms with Crippen molar-refractivity contribution in [2.45, 2.75) is 0 Å². The van der Waals surface area contributed by atoms with Crippen molar-refractivity contribution >= 4 is 29.7 Å². The Morgan fingerprint density at radius 1 is 0.929 bits per heavy atom. The van der Waals surface area contributed by atoms with Gasteiger partial charge >= 0.3 is 5.97 Å². The SMILES string of the molecule is O=C(N/N=C\c1ccccc1OC(=O)c1ccc(Cl)cc1)c1ccc(F)cc1. The Balaban J connectivity index is 1.68. The fraction of sp³-hybridized carbons (Fsp3) is 0. The summed E-state index contributed by atoms with van der Waals surface area (Å²) in [5.74, 6) is -1.20. The summed E-state index contributed by atoms with van der Waals surface area (Å²) in [5, 5.41) is 4.38. The van der Waals surface area contributed by atoms with Gasteiger partial charge in [-0.1, -0.05) is 23.7 Å². The number of carbonyl (C=O) groups excluding carboxylic acids is 2. The number of para-hydroxylation sites is 1. The van der Waals surface area contributed by atoms with Crippen LogP contribution in [0.3, 0.4) is 0 Å². The van der Waals surface area contributed by atoms with Gasteiger partial charge in [0.05, 0.1) is 11.8 Å². The Labute approximate surface area is 165 Å². The number of hydrogen-bond donors (Lipinski definition) is 1. The first-order chi connectivity index (χ1) is 13.5. The zero-order chi connectivity index (χ0) is 19.9. The summed E-state index contributed by atoms with van der Waals surface area (Å²) < 4.78 is 18.3. The Morgan fingerprint density at radius 2 is 1.57 bits per heavy atom. The van der Waals surface area contributed by atoms with E-state index in [-0.39, 0.29) is 11.3 Å².